The fourth-order valence-corrected chi connectivity index (χ4v) is 2.47. The number of aromatic hydroxyl groups is 1. The lowest BCUT2D eigenvalue weighted by Crippen LogP contribution is -2.21. The van der Waals surface area contributed by atoms with E-state index in [9.17, 15) is 14.7 Å². The van der Waals surface area contributed by atoms with Crippen molar-refractivity contribution < 1.29 is 24.2 Å². The molecule has 0 aliphatic rings. The number of para-hydroxylation sites is 1. The molecule has 0 radical (unpaired) electrons. The first-order valence-electron chi connectivity index (χ1n) is 8.39. The van der Waals surface area contributed by atoms with Crippen LogP contribution in [-0.2, 0) is 9.53 Å². The number of hydrogen-bond acceptors (Lipinski definition) is 5. The Kier molecular flexibility index (Phi) is 6.60. The van der Waals surface area contributed by atoms with Gasteiger partial charge < -0.3 is 19.9 Å². The molecule has 0 spiro atoms. The number of hydrogen-bond donors (Lipinski definition) is 2. The van der Waals surface area contributed by atoms with Crippen molar-refractivity contribution in [3.63, 3.8) is 0 Å². The molecule has 0 bridgehead atoms. The molecule has 26 heavy (non-hydrogen) atoms. The van der Waals surface area contributed by atoms with Crippen molar-refractivity contribution in [3.8, 4) is 11.5 Å². The normalized spacial score (nSPS) is 11.5. The summed E-state index contributed by atoms with van der Waals surface area (Å²) in [4.78, 5) is 24.2. The molecule has 0 fully saturated rings. The van der Waals surface area contributed by atoms with E-state index in [2.05, 4.69) is 19.2 Å². The van der Waals surface area contributed by atoms with Crippen LogP contribution < -0.4 is 10.1 Å². The number of carbonyl (C=O) groups excluding carboxylic acids is 2. The van der Waals surface area contributed by atoms with Crippen molar-refractivity contribution in [1.82, 2.24) is 0 Å². The zero-order valence-corrected chi connectivity index (χ0v) is 15.1. The number of amides is 1. The average Bonchev–Trinajstić information content (AvgIpc) is 2.65. The Morgan fingerprint density at radius 1 is 1.19 bits per heavy atom. The highest BCUT2D eigenvalue weighted by atomic mass is 16.5. The summed E-state index contributed by atoms with van der Waals surface area (Å²) < 4.78 is 9.95. The number of esters is 1. The zero-order chi connectivity index (χ0) is 19.1. The van der Waals surface area contributed by atoms with Gasteiger partial charge in [0.1, 0.15) is 17.1 Å². The first-order valence-corrected chi connectivity index (χ1v) is 8.39. The van der Waals surface area contributed by atoms with Crippen LogP contribution in [0.1, 0.15) is 42.1 Å². The lowest BCUT2D eigenvalue weighted by Gasteiger charge is -2.15. The van der Waals surface area contributed by atoms with Crippen LogP contribution in [0.4, 0.5) is 5.69 Å². The molecular weight excluding hydrogens is 334 g/mol. The lowest BCUT2D eigenvalue weighted by molar-refractivity contribution is -0.119. The van der Waals surface area contributed by atoms with E-state index in [0.29, 0.717) is 17.4 Å². The molecule has 6 nitrogen and oxygen atoms in total. The Morgan fingerprint density at radius 2 is 1.92 bits per heavy atom. The van der Waals surface area contributed by atoms with Crippen LogP contribution >= 0.6 is 0 Å². The van der Waals surface area contributed by atoms with Crippen LogP contribution in [0.3, 0.4) is 0 Å². The van der Waals surface area contributed by atoms with E-state index in [1.165, 1.54) is 25.3 Å². The second-order valence-electron chi connectivity index (χ2n) is 5.90. The standard InChI is InChI=1S/C20H23NO5/c1-4-13(2)15-7-5-6-8-17(15)21-19(23)12-26-20(24)16-10-9-14(25-3)11-18(16)22/h5-11,13,22H,4,12H2,1-3H3,(H,21,23)/t13-/m1/s1. The third-order valence-corrected chi connectivity index (χ3v) is 4.14. The molecule has 2 rings (SSSR count). The highest BCUT2D eigenvalue weighted by Crippen LogP contribution is 2.27. The number of phenols is 1. The fraction of sp³-hybridized carbons (Fsp3) is 0.300. The zero-order valence-electron chi connectivity index (χ0n) is 15.1. The molecular formula is C20H23NO5. The topological polar surface area (TPSA) is 84.9 Å². The van der Waals surface area contributed by atoms with Gasteiger partial charge in [0.15, 0.2) is 6.61 Å². The van der Waals surface area contributed by atoms with Gasteiger partial charge in [-0.05, 0) is 36.1 Å². The van der Waals surface area contributed by atoms with E-state index in [1.807, 2.05) is 24.3 Å². The van der Waals surface area contributed by atoms with E-state index < -0.39 is 18.5 Å². The Morgan fingerprint density at radius 3 is 2.58 bits per heavy atom. The van der Waals surface area contributed by atoms with Crippen LogP contribution in [0.25, 0.3) is 0 Å². The minimum Gasteiger partial charge on any atom is -0.507 e. The van der Waals surface area contributed by atoms with Crippen LogP contribution in [0.5, 0.6) is 11.5 Å². The van der Waals surface area contributed by atoms with Gasteiger partial charge in [0.25, 0.3) is 5.91 Å². The summed E-state index contributed by atoms with van der Waals surface area (Å²) in [5.41, 5.74) is 1.70. The molecule has 1 amide bonds. The molecule has 138 valence electrons. The van der Waals surface area contributed by atoms with Crippen molar-refractivity contribution in [1.29, 1.82) is 0 Å². The lowest BCUT2D eigenvalue weighted by atomic mass is 9.97. The highest BCUT2D eigenvalue weighted by molar-refractivity contribution is 5.97. The Labute approximate surface area is 152 Å². The predicted molar refractivity (Wildman–Crippen MR) is 98.7 cm³/mol. The van der Waals surface area contributed by atoms with Crippen molar-refractivity contribution in [3.05, 3.63) is 53.6 Å². The maximum atomic E-state index is 12.1. The Balaban J connectivity index is 1.98. The smallest absolute Gasteiger partial charge is 0.342 e. The summed E-state index contributed by atoms with van der Waals surface area (Å²) in [5, 5.41) is 12.6. The van der Waals surface area contributed by atoms with Gasteiger partial charge in [-0.15, -0.1) is 0 Å². The SMILES string of the molecule is CC[C@@H](C)c1ccccc1NC(=O)COC(=O)c1ccc(OC)cc1O. The number of benzene rings is 2. The van der Waals surface area contributed by atoms with Gasteiger partial charge in [-0.25, -0.2) is 4.79 Å². The molecule has 0 aromatic heterocycles. The van der Waals surface area contributed by atoms with Gasteiger partial charge >= 0.3 is 5.97 Å². The van der Waals surface area contributed by atoms with Crippen LogP contribution in [0.2, 0.25) is 0 Å². The third-order valence-electron chi connectivity index (χ3n) is 4.14. The first-order chi connectivity index (χ1) is 12.5. The molecule has 2 aromatic carbocycles. The number of phenolic OH excluding ortho intramolecular Hbond substituents is 1. The number of ether oxygens (including phenoxy) is 2. The van der Waals surface area contributed by atoms with E-state index >= 15 is 0 Å². The van der Waals surface area contributed by atoms with Crippen LogP contribution in [0.15, 0.2) is 42.5 Å². The summed E-state index contributed by atoms with van der Waals surface area (Å²) in [6.07, 6.45) is 0.943. The summed E-state index contributed by atoms with van der Waals surface area (Å²) in [5.74, 6) is -0.779. The maximum Gasteiger partial charge on any atom is 0.342 e. The minimum absolute atomic E-state index is 0.0291. The molecule has 0 unspecified atom stereocenters. The van der Waals surface area contributed by atoms with E-state index in [1.54, 1.807) is 0 Å². The van der Waals surface area contributed by atoms with Crippen molar-refractivity contribution in [2.45, 2.75) is 26.2 Å². The quantitative estimate of drug-likeness (QED) is 0.738. The fourth-order valence-electron chi connectivity index (χ4n) is 2.47. The number of nitrogens with one attached hydrogen (secondary N) is 1. The van der Waals surface area contributed by atoms with Gasteiger partial charge in [-0.3, -0.25) is 4.79 Å². The molecule has 2 aromatic rings. The summed E-state index contributed by atoms with van der Waals surface area (Å²) in [6, 6.07) is 11.7. The molecule has 1 atom stereocenters. The average molecular weight is 357 g/mol. The van der Waals surface area contributed by atoms with Gasteiger partial charge in [0, 0.05) is 11.8 Å². The molecule has 0 saturated carbocycles. The van der Waals surface area contributed by atoms with E-state index in [4.69, 9.17) is 9.47 Å². The molecule has 2 N–H and O–H groups in total. The second-order valence-corrected chi connectivity index (χ2v) is 5.90. The van der Waals surface area contributed by atoms with Crippen molar-refractivity contribution >= 4 is 17.6 Å². The van der Waals surface area contributed by atoms with Gasteiger partial charge in [0.05, 0.1) is 7.11 Å². The number of anilines is 1. The van der Waals surface area contributed by atoms with Crippen molar-refractivity contribution in [2.24, 2.45) is 0 Å². The Hall–Kier alpha value is -3.02. The van der Waals surface area contributed by atoms with Crippen molar-refractivity contribution in [2.75, 3.05) is 19.0 Å². The summed E-state index contributed by atoms with van der Waals surface area (Å²) in [6.45, 7) is 3.71. The first kappa shape index (κ1) is 19.3. The summed E-state index contributed by atoms with van der Waals surface area (Å²) in [7, 11) is 1.45. The molecule has 0 saturated heterocycles. The van der Waals surface area contributed by atoms with Crippen LogP contribution in [0, 0.1) is 0 Å². The molecule has 0 aliphatic heterocycles. The van der Waals surface area contributed by atoms with Gasteiger partial charge in [-0.2, -0.15) is 0 Å². The monoisotopic (exact) mass is 357 g/mol. The van der Waals surface area contributed by atoms with Gasteiger partial charge in [0.2, 0.25) is 0 Å². The van der Waals surface area contributed by atoms with E-state index in [0.717, 1.165) is 12.0 Å². The van der Waals surface area contributed by atoms with Crippen LogP contribution in [-0.4, -0.2) is 30.7 Å². The largest absolute Gasteiger partial charge is 0.507 e. The maximum absolute atomic E-state index is 12.1. The number of methoxy groups -OCH3 is 1. The second kappa shape index (κ2) is 8.89. The minimum atomic E-state index is -0.782. The predicted octanol–water partition coefficient (Wildman–Crippen LogP) is 3.71. The van der Waals surface area contributed by atoms with Gasteiger partial charge in [-0.1, -0.05) is 32.0 Å². The Bertz CT molecular complexity index is 788. The summed E-state index contributed by atoms with van der Waals surface area (Å²) >= 11 is 0. The molecule has 0 heterocycles. The molecule has 0 aliphatic carbocycles. The number of rotatable bonds is 7. The highest BCUT2D eigenvalue weighted by Gasteiger charge is 2.16. The third kappa shape index (κ3) is 4.75. The number of carbonyl (C=O) groups is 2. The molecule has 6 heteroatoms. The van der Waals surface area contributed by atoms with E-state index in [-0.39, 0.29) is 11.3 Å².